The zero-order valence-electron chi connectivity index (χ0n) is 11.0. The zero-order chi connectivity index (χ0) is 13.8. The number of methoxy groups -OCH3 is 1. The summed E-state index contributed by atoms with van der Waals surface area (Å²) < 4.78 is 10.2. The molecule has 1 aliphatic heterocycles. The lowest BCUT2D eigenvalue weighted by Crippen LogP contribution is -2.36. The highest BCUT2D eigenvalue weighted by atomic mass is 16.5. The van der Waals surface area contributed by atoms with Gasteiger partial charge in [-0.15, -0.1) is 0 Å². The zero-order valence-corrected chi connectivity index (χ0v) is 11.0. The average molecular weight is 263 g/mol. The molecule has 1 N–H and O–H groups in total. The van der Waals surface area contributed by atoms with Crippen LogP contribution in [-0.4, -0.2) is 31.6 Å². The third-order valence-electron chi connectivity index (χ3n) is 2.97. The van der Waals surface area contributed by atoms with Crippen molar-refractivity contribution in [2.45, 2.75) is 25.5 Å². The summed E-state index contributed by atoms with van der Waals surface area (Å²) in [5.74, 6) is -0.516. The summed E-state index contributed by atoms with van der Waals surface area (Å²) in [5, 5.41) is 2.80. The number of cyclic esters (lactones) is 1. The summed E-state index contributed by atoms with van der Waals surface area (Å²) in [6.07, 6.45) is -0.352. The van der Waals surface area contributed by atoms with Crippen molar-refractivity contribution < 1.29 is 19.1 Å². The molecule has 0 fully saturated rings. The molecule has 0 aromatic heterocycles. The van der Waals surface area contributed by atoms with Gasteiger partial charge in [0.05, 0.1) is 18.6 Å². The van der Waals surface area contributed by atoms with Gasteiger partial charge in [-0.2, -0.15) is 0 Å². The van der Waals surface area contributed by atoms with E-state index in [1.54, 1.807) is 19.2 Å². The van der Waals surface area contributed by atoms with Gasteiger partial charge in [-0.25, -0.2) is 4.79 Å². The summed E-state index contributed by atoms with van der Waals surface area (Å²) in [4.78, 5) is 23.5. The van der Waals surface area contributed by atoms with Gasteiger partial charge in [0.2, 0.25) is 5.91 Å². The minimum atomic E-state index is -0.488. The van der Waals surface area contributed by atoms with Crippen molar-refractivity contribution in [1.82, 2.24) is 5.32 Å². The molecule has 0 aliphatic carbocycles. The van der Waals surface area contributed by atoms with Crippen LogP contribution in [0.15, 0.2) is 24.3 Å². The second-order valence-electron chi connectivity index (χ2n) is 4.61. The van der Waals surface area contributed by atoms with Crippen LogP contribution in [0.4, 0.5) is 0 Å². The number of ether oxygens (including phenoxy) is 2. The summed E-state index contributed by atoms with van der Waals surface area (Å²) in [5.41, 5.74) is 1.33. The maximum Gasteiger partial charge on any atom is 0.339 e. The first-order valence-electron chi connectivity index (χ1n) is 6.20. The SMILES string of the molecule is COC[C@H](C)NC(=O)C[C@@H]1OC(=O)c2ccccc21. The molecule has 0 spiro atoms. The molecule has 5 nitrogen and oxygen atoms in total. The summed E-state index contributed by atoms with van der Waals surface area (Å²) in [6.45, 7) is 2.31. The van der Waals surface area contributed by atoms with Gasteiger partial charge in [-0.05, 0) is 13.0 Å². The molecule has 0 saturated heterocycles. The van der Waals surface area contributed by atoms with Gasteiger partial charge < -0.3 is 14.8 Å². The normalized spacial score (nSPS) is 18.6. The van der Waals surface area contributed by atoms with Crippen molar-refractivity contribution in [2.75, 3.05) is 13.7 Å². The van der Waals surface area contributed by atoms with Crippen LogP contribution in [-0.2, 0) is 14.3 Å². The predicted molar refractivity (Wildman–Crippen MR) is 68.7 cm³/mol. The monoisotopic (exact) mass is 263 g/mol. The molecule has 1 aliphatic rings. The van der Waals surface area contributed by atoms with Crippen LogP contribution in [0.3, 0.4) is 0 Å². The second kappa shape index (κ2) is 5.84. The third-order valence-corrected chi connectivity index (χ3v) is 2.97. The topological polar surface area (TPSA) is 64.6 Å². The van der Waals surface area contributed by atoms with E-state index in [9.17, 15) is 9.59 Å². The number of nitrogens with one attached hydrogen (secondary N) is 1. The highest BCUT2D eigenvalue weighted by Gasteiger charge is 2.32. The Morgan fingerprint density at radius 3 is 2.95 bits per heavy atom. The first-order chi connectivity index (χ1) is 9.11. The van der Waals surface area contributed by atoms with E-state index in [-0.39, 0.29) is 24.3 Å². The number of benzene rings is 1. The molecule has 0 unspecified atom stereocenters. The lowest BCUT2D eigenvalue weighted by atomic mass is 10.0. The molecular weight excluding hydrogens is 246 g/mol. The fourth-order valence-corrected chi connectivity index (χ4v) is 2.17. The Bertz CT molecular complexity index is 486. The molecule has 102 valence electrons. The van der Waals surface area contributed by atoms with Crippen molar-refractivity contribution in [3.05, 3.63) is 35.4 Å². The molecule has 1 aromatic rings. The molecule has 0 saturated carbocycles. The van der Waals surface area contributed by atoms with Crippen molar-refractivity contribution in [3.63, 3.8) is 0 Å². The number of hydrogen-bond acceptors (Lipinski definition) is 4. The molecule has 1 aromatic carbocycles. The number of carbonyl (C=O) groups excluding carboxylic acids is 2. The van der Waals surface area contributed by atoms with Crippen molar-refractivity contribution in [3.8, 4) is 0 Å². The number of esters is 1. The van der Waals surface area contributed by atoms with E-state index in [0.29, 0.717) is 12.2 Å². The largest absolute Gasteiger partial charge is 0.453 e. The Kier molecular flexibility index (Phi) is 4.16. The van der Waals surface area contributed by atoms with Crippen LogP contribution in [0.2, 0.25) is 0 Å². The maximum atomic E-state index is 11.8. The fraction of sp³-hybridized carbons (Fsp3) is 0.429. The van der Waals surface area contributed by atoms with E-state index < -0.39 is 6.10 Å². The van der Waals surface area contributed by atoms with Crippen LogP contribution >= 0.6 is 0 Å². The van der Waals surface area contributed by atoms with E-state index in [1.165, 1.54) is 0 Å². The van der Waals surface area contributed by atoms with E-state index in [1.807, 2.05) is 19.1 Å². The molecule has 2 rings (SSSR count). The van der Waals surface area contributed by atoms with Crippen LogP contribution in [0.25, 0.3) is 0 Å². The molecule has 1 heterocycles. The summed E-state index contributed by atoms with van der Waals surface area (Å²) in [7, 11) is 1.58. The molecule has 5 heteroatoms. The van der Waals surface area contributed by atoms with Gasteiger partial charge in [0.15, 0.2) is 0 Å². The molecule has 2 atom stereocenters. The molecule has 19 heavy (non-hydrogen) atoms. The highest BCUT2D eigenvalue weighted by Crippen LogP contribution is 2.32. The van der Waals surface area contributed by atoms with Crippen molar-refractivity contribution in [1.29, 1.82) is 0 Å². The minimum absolute atomic E-state index is 0.0650. The average Bonchev–Trinajstić information content (AvgIpc) is 2.67. The lowest BCUT2D eigenvalue weighted by Gasteiger charge is -2.15. The van der Waals surface area contributed by atoms with Gasteiger partial charge >= 0.3 is 5.97 Å². The van der Waals surface area contributed by atoms with E-state index in [4.69, 9.17) is 9.47 Å². The smallest absolute Gasteiger partial charge is 0.339 e. The Hall–Kier alpha value is -1.88. The number of carbonyl (C=O) groups is 2. The Morgan fingerprint density at radius 1 is 1.47 bits per heavy atom. The Morgan fingerprint density at radius 2 is 2.21 bits per heavy atom. The first kappa shape index (κ1) is 13.5. The fourth-order valence-electron chi connectivity index (χ4n) is 2.17. The molecule has 0 radical (unpaired) electrons. The Labute approximate surface area is 111 Å². The maximum absolute atomic E-state index is 11.8. The summed E-state index contributed by atoms with van der Waals surface area (Å²) >= 11 is 0. The molecule has 1 amide bonds. The number of hydrogen-bond donors (Lipinski definition) is 1. The second-order valence-corrected chi connectivity index (χ2v) is 4.61. The lowest BCUT2D eigenvalue weighted by molar-refractivity contribution is -0.123. The number of fused-ring (bicyclic) bond motifs is 1. The molecule has 0 bridgehead atoms. The number of amides is 1. The molecular formula is C14H17NO4. The van der Waals surface area contributed by atoms with Crippen LogP contribution in [0.1, 0.15) is 35.4 Å². The first-order valence-corrected chi connectivity index (χ1v) is 6.20. The van der Waals surface area contributed by atoms with Crippen LogP contribution in [0.5, 0.6) is 0 Å². The van der Waals surface area contributed by atoms with Crippen molar-refractivity contribution in [2.24, 2.45) is 0 Å². The van der Waals surface area contributed by atoms with E-state index in [2.05, 4.69) is 5.32 Å². The van der Waals surface area contributed by atoms with Gasteiger partial charge in [0.25, 0.3) is 0 Å². The standard InChI is InChI=1S/C14H17NO4/c1-9(8-18-2)15-13(16)7-12-10-5-3-4-6-11(10)14(17)19-12/h3-6,9,12H,7-8H2,1-2H3,(H,15,16)/t9-,12-/m0/s1. The van der Waals surface area contributed by atoms with Crippen LogP contribution < -0.4 is 5.32 Å². The Balaban J connectivity index is 1.98. The third kappa shape index (κ3) is 3.12. The van der Waals surface area contributed by atoms with Crippen molar-refractivity contribution >= 4 is 11.9 Å². The predicted octanol–water partition coefficient (Wildman–Crippen LogP) is 1.44. The minimum Gasteiger partial charge on any atom is -0.453 e. The van der Waals surface area contributed by atoms with E-state index >= 15 is 0 Å². The van der Waals surface area contributed by atoms with Crippen LogP contribution in [0, 0.1) is 0 Å². The summed E-state index contributed by atoms with van der Waals surface area (Å²) in [6, 6.07) is 7.08. The van der Waals surface area contributed by atoms with Gasteiger partial charge in [0, 0.05) is 18.7 Å². The van der Waals surface area contributed by atoms with Gasteiger partial charge in [-0.3, -0.25) is 4.79 Å². The van der Waals surface area contributed by atoms with Gasteiger partial charge in [-0.1, -0.05) is 18.2 Å². The van der Waals surface area contributed by atoms with Gasteiger partial charge in [0.1, 0.15) is 6.10 Å². The quantitative estimate of drug-likeness (QED) is 0.816. The highest BCUT2D eigenvalue weighted by molar-refractivity contribution is 5.94. The number of rotatable bonds is 5. The van der Waals surface area contributed by atoms with E-state index in [0.717, 1.165) is 5.56 Å².